The smallest absolute Gasteiger partial charge is 0.306 e. The van der Waals surface area contributed by atoms with Crippen LogP contribution in [0.15, 0.2) is 23.1 Å². The first-order valence-corrected chi connectivity index (χ1v) is 5.26. The topological polar surface area (TPSA) is 26.3 Å². The van der Waals surface area contributed by atoms with Gasteiger partial charge in [0.05, 0.1) is 13.5 Å². The standard InChI is InChI=1S/C10H10F2O2S/c1-14-10(13)4-5-15-9-6-7(11)2-3-8(9)12/h2-3,6H,4-5H2,1H3. The molecule has 0 spiro atoms. The van der Waals surface area contributed by atoms with E-state index in [1.54, 1.807) is 0 Å². The molecule has 0 aromatic heterocycles. The molecule has 0 aliphatic carbocycles. The monoisotopic (exact) mass is 232 g/mol. The van der Waals surface area contributed by atoms with E-state index in [4.69, 9.17) is 0 Å². The van der Waals surface area contributed by atoms with Gasteiger partial charge in [0.15, 0.2) is 0 Å². The summed E-state index contributed by atoms with van der Waals surface area (Å²) in [4.78, 5) is 11.0. The quantitative estimate of drug-likeness (QED) is 0.589. The minimum absolute atomic E-state index is 0.178. The average molecular weight is 232 g/mol. The van der Waals surface area contributed by atoms with Gasteiger partial charge < -0.3 is 4.74 Å². The van der Waals surface area contributed by atoms with Crippen molar-refractivity contribution in [2.45, 2.75) is 11.3 Å². The summed E-state index contributed by atoms with van der Waals surface area (Å²) in [7, 11) is 1.29. The summed E-state index contributed by atoms with van der Waals surface area (Å²) in [6.45, 7) is 0. The van der Waals surface area contributed by atoms with Crippen molar-refractivity contribution >= 4 is 17.7 Å². The van der Waals surface area contributed by atoms with Crippen molar-refractivity contribution in [3.63, 3.8) is 0 Å². The van der Waals surface area contributed by atoms with Gasteiger partial charge in [-0.05, 0) is 18.2 Å². The van der Waals surface area contributed by atoms with Crippen LogP contribution in [-0.2, 0) is 9.53 Å². The predicted octanol–water partition coefficient (Wildman–Crippen LogP) is 2.62. The normalized spacial score (nSPS) is 10.1. The number of ether oxygens (including phenoxy) is 1. The van der Waals surface area contributed by atoms with Crippen molar-refractivity contribution < 1.29 is 18.3 Å². The number of rotatable bonds is 4. The second-order valence-corrected chi connectivity index (χ2v) is 3.89. The van der Waals surface area contributed by atoms with E-state index in [0.717, 1.165) is 30.0 Å². The lowest BCUT2D eigenvalue weighted by Gasteiger charge is -2.02. The Hall–Kier alpha value is -1.10. The van der Waals surface area contributed by atoms with Crippen LogP contribution in [0.4, 0.5) is 8.78 Å². The van der Waals surface area contributed by atoms with Crippen molar-refractivity contribution in [2.24, 2.45) is 0 Å². The summed E-state index contributed by atoms with van der Waals surface area (Å²) in [6, 6.07) is 3.23. The minimum Gasteiger partial charge on any atom is -0.469 e. The van der Waals surface area contributed by atoms with Gasteiger partial charge in [0.2, 0.25) is 0 Å². The van der Waals surface area contributed by atoms with Gasteiger partial charge in [0, 0.05) is 10.6 Å². The van der Waals surface area contributed by atoms with Crippen LogP contribution >= 0.6 is 11.8 Å². The first-order valence-electron chi connectivity index (χ1n) is 4.28. The molecule has 0 N–H and O–H groups in total. The Bertz CT molecular complexity index is 355. The molecule has 0 fully saturated rings. The van der Waals surface area contributed by atoms with Crippen LogP contribution < -0.4 is 0 Å². The number of halogens is 2. The molecule has 0 radical (unpaired) electrons. The first-order chi connectivity index (χ1) is 7.13. The molecule has 2 nitrogen and oxygen atoms in total. The molecule has 82 valence electrons. The molecule has 0 saturated heterocycles. The number of carbonyl (C=O) groups excluding carboxylic acids is 1. The van der Waals surface area contributed by atoms with Gasteiger partial charge in [-0.15, -0.1) is 11.8 Å². The highest BCUT2D eigenvalue weighted by atomic mass is 32.2. The third-order valence-corrected chi connectivity index (χ3v) is 2.72. The summed E-state index contributed by atoms with van der Waals surface area (Å²) in [5.74, 6) is -0.963. The molecule has 1 rings (SSSR count). The Morgan fingerprint density at radius 1 is 1.47 bits per heavy atom. The number of esters is 1. The summed E-state index contributed by atoms with van der Waals surface area (Å²) < 4.78 is 30.2. The van der Waals surface area contributed by atoms with E-state index in [9.17, 15) is 13.6 Å². The van der Waals surface area contributed by atoms with Gasteiger partial charge in [-0.3, -0.25) is 4.79 Å². The maximum absolute atomic E-state index is 13.1. The van der Waals surface area contributed by atoms with Crippen LogP contribution in [-0.4, -0.2) is 18.8 Å². The maximum atomic E-state index is 13.1. The van der Waals surface area contributed by atoms with E-state index in [-0.39, 0.29) is 17.3 Å². The van der Waals surface area contributed by atoms with Crippen molar-refractivity contribution in [1.29, 1.82) is 0 Å². The molecule has 0 heterocycles. The first kappa shape index (κ1) is 12.0. The average Bonchev–Trinajstić information content (AvgIpc) is 2.23. The Balaban J connectivity index is 2.50. The van der Waals surface area contributed by atoms with Crippen molar-refractivity contribution in [1.82, 2.24) is 0 Å². The summed E-state index contributed by atoms with van der Waals surface area (Å²) >= 11 is 1.09. The molecule has 0 bridgehead atoms. The second kappa shape index (κ2) is 5.70. The predicted molar refractivity (Wildman–Crippen MR) is 53.7 cm³/mol. The van der Waals surface area contributed by atoms with E-state index in [2.05, 4.69) is 4.74 Å². The second-order valence-electron chi connectivity index (χ2n) is 2.75. The summed E-state index contributed by atoms with van der Waals surface area (Å²) in [5.41, 5.74) is 0. The third kappa shape index (κ3) is 3.87. The van der Waals surface area contributed by atoms with E-state index in [1.165, 1.54) is 7.11 Å². The lowest BCUT2D eigenvalue weighted by molar-refractivity contribution is -0.140. The number of hydrogen-bond donors (Lipinski definition) is 0. The molecule has 0 saturated carbocycles. The Labute approximate surface area is 90.6 Å². The van der Waals surface area contributed by atoms with Gasteiger partial charge in [-0.25, -0.2) is 8.78 Å². The van der Waals surface area contributed by atoms with Crippen LogP contribution in [0.3, 0.4) is 0 Å². The molecule has 1 aromatic rings. The number of benzene rings is 1. The number of hydrogen-bond acceptors (Lipinski definition) is 3. The largest absolute Gasteiger partial charge is 0.469 e. The van der Waals surface area contributed by atoms with Crippen molar-refractivity contribution in [3.8, 4) is 0 Å². The van der Waals surface area contributed by atoms with Crippen LogP contribution in [0.25, 0.3) is 0 Å². The van der Waals surface area contributed by atoms with E-state index in [0.29, 0.717) is 5.75 Å². The molecule has 5 heteroatoms. The van der Waals surface area contributed by atoms with Crippen LogP contribution in [0.5, 0.6) is 0 Å². The number of carbonyl (C=O) groups is 1. The Morgan fingerprint density at radius 3 is 2.87 bits per heavy atom. The molecular formula is C10H10F2O2S. The van der Waals surface area contributed by atoms with E-state index < -0.39 is 11.6 Å². The fourth-order valence-corrected chi connectivity index (χ4v) is 1.82. The minimum atomic E-state index is -0.489. The van der Waals surface area contributed by atoms with E-state index in [1.807, 2.05) is 0 Å². The van der Waals surface area contributed by atoms with Gasteiger partial charge in [0.25, 0.3) is 0 Å². The van der Waals surface area contributed by atoms with Crippen molar-refractivity contribution in [2.75, 3.05) is 12.9 Å². The SMILES string of the molecule is COC(=O)CCSc1cc(F)ccc1F. The fraction of sp³-hybridized carbons (Fsp3) is 0.300. The Morgan fingerprint density at radius 2 is 2.20 bits per heavy atom. The maximum Gasteiger partial charge on any atom is 0.306 e. The highest BCUT2D eigenvalue weighted by Gasteiger charge is 2.06. The van der Waals surface area contributed by atoms with Crippen molar-refractivity contribution in [3.05, 3.63) is 29.8 Å². The zero-order chi connectivity index (χ0) is 11.3. The lowest BCUT2D eigenvalue weighted by atomic mass is 10.3. The molecule has 0 amide bonds. The number of thioether (sulfide) groups is 1. The fourth-order valence-electron chi connectivity index (χ4n) is 0.934. The van der Waals surface area contributed by atoms with Gasteiger partial charge in [-0.1, -0.05) is 0 Å². The summed E-state index contributed by atoms with van der Waals surface area (Å²) in [5, 5.41) is 0. The molecule has 0 aliphatic heterocycles. The molecule has 0 unspecified atom stereocenters. The lowest BCUT2D eigenvalue weighted by Crippen LogP contribution is -2.01. The number of methoxy groups -OCH3 is 1. The Kier molecular flexibility index (Phi) is 4.55. The van der Waals surface area contributed by atoms with Crippen LogP contribution in [0.1, 0.15) is 6.42 Å². The molecular weight excluding hydrogens is 222 g/mol. The highest BCUT2D eigenvalue weighted by Crippen LogP contribution is 2.23. The molecule has 0 atom stereocenters. The summed E-state index contributed by atoms with van der Waals surface area (Å²) in [6.07, 6.45) is 0.178. The van der Waals surface area contributed by atoms with Gasteiger partial charge >= 0.3 is 5.97 Å². The van der Waals surface area contributed by atoms with Crippen LogP contribution in [0, 0.1) is 11.6 Å². The van der Waals surface area contributed by atoms with E-state index >= 15 is 0 Å². The zero-order valence-electron chi connectivity index (χ0n) is 8.13. The zero-order valence-corrected chi connectivity index (χ0v) is 8.94. The van der Waals surface area contributed by atoms with Gasteiger partial charge in [-0.2, -0.15) is 0 Å². The van der Waals surface area contributed by atoms with Crippen LogP contribution in [0.2, 0.25) is 0 Å². The molecule has 0 aliphatic rings. The van der Waals surface area contributed by atoms with Gasteiger partial charge in [0.1, 0.15) is 11.6 Å². The molecule has 15 heavy (non-hydrogen) atoms. The molecule has 1 aromatic carbocycles. The third-order valence-electron chi connectivity index (χ3n) is 1.68. The highest BCUT2D eigenvalue weighted by molar-refractivity contribution is 7.99.